The number of halogens is 1. The lowest BCUT2D eigenvalue weighted by atomic mass is 10.1. The van der Waals surface area contributed by atoms with Crippen LogP contribution in [-0.2, 0) is 0 Å². The summed E-state index contributed by atoms with van der Waals surface area (Å²) in [5, 5.41) is 16.5. The number of nitrogens with one attached hydrogen (secondary N) is 4. The van der Waals surface area contributed by atoms with Crippen LogP contribution in [0.1, 0.15) is 24.5 Å². The molecule has 0 saturated carbocycles. The zero-order valence-electron chi connectivity index (χ0n) is 16.3. The van der Waals surface area contributed by atoms with Crippen LogP contribution in [0.5, 0.6) is 0 Å². The lowest BCUT2D eigenvalue weighted by molar-refractivity contribution is 0.443. The van der Waals surface area contributed by atoms with Crippen molar-refractivity contribution >= 4 is 23.7 Å². The molecule has 4 rings (SSSR count). The van der Waals surface area contributed by atoms with E-state index < -0.39 is 5.82 Å². The second-order valence-electron chi connectivity index (χ2n) is 6.86. The molecule has 152 valence electrons. The highest BCUT2D eigenvalue weighted by Crippen LogP contribution is 2.22. The van der Waals surface area contributed by atoms with Crippen molar-refractivity contribution in [3.05, 3.63) is 35.8 Å². The zero-order valence-corrected chi connectivity index (χ0v) is 16.3. The molecule has 3 aromatic rings. The highest BCUT2D eigenvalue weighted by atomic mass is 19.1. The van der Waals surface area contributed by atoms with Crippen LogP contribution >= 0.6 is 0 Å². The van der Waals surface area contributed by atoms with Crippen molar-refractivity contribution < 1.29 is 4.39 Å². The minimum Gasteiger partial charge on any atom is -0.344 e. The molecule has 0 aliphatic carbocycles. The van der Waals surface area contributed by atoms with Gasteiger partial charge in [0.2, 0.25) is 17.8 Å². The Hall–Kier alpha value is -3.41. The van der Waals surface area contributed by atoms with Crippen molar-refractivity contribution in [2.24, 2.45) is 0 Å². The molecular formula is C17H22FN11. The van der Waals surface area contributed by atoms with Crippen LogP contribution in [0.3, 0.4) is 0 Å². The molecule has 12 heteroatoms. The first kappa shape index (κ1) is 18.9. The molecule has 4 N–H and O–H groups in total. The van der Waals surface area contributed by atoms with Crippen LogP contribution in [0.2, 0.25) is 0 Å². The SMILES string of the molecule is CNC1CN(c2nc(Nc3cc(C)[nH]n3)nc(N[C@@H](C)c3ncc(F)cn3)n2)C1. The smallest absolute Gasteiger partial charge is 0.235 e. The third-order valence-electron chi connectivity index (χ3n) is 4.52. The van der Waals surface area contributed by atoms with Crippen molar-refractivity contribution in [3.63, 3.8) is 0 Å². The van der Waals surface area contributed by atoms with Crippen LogP contribution in [0.15, 0.2) is 18.5 Å². The third kappa shape index (κ3) is 4.37. The van der Waals surface area contributed by atoms with E-state index in [0.717, 1.165) is 31.2 Å². The van der Waals surface area contributed by atoms with Crippen LogP contribution < -0.4 is 20.9 Å². The normalized spacial score (nSPS) is 15.1. The van der Waals surface area contributed by atoms with E-state index in [4.69, 9.17) is 0 Å². The van der Waals surface area contributed by atoms with E-state index in [0.29, 0.717) is 35.5 Å². The zero-order chi connectivity index (χ0) is 20.4. The summed E-state index contributed by atoms with van der Waals surface area (Å²) in [5.41, 5.74) is 0.918. The highest BCUT2D eigenvalue weighted by Gasteiger charge is 2.28. The van der Waals surface area contributed by atoms with Crippen LogP contribution in [-0.4, -0.2) is 61.3 Å². The van der Waals surface area contributed by atoms with Gasteiger partial charge in [-0.3, -0.25) is 5.10 Å². The number of anilines is 4. The quantitative estimate of drug-likeness (QED) is 0.459. The molecule has 29 heavy (non-hydrogen) atoms. The first-order valence-electron chi connectivity index (χ1n) is 9.21. The van der Waals surface area contributed by atoms with E-state index in [1.165, 1.54) is 0 Å². The maximum absolute atomic E-state index is 13.1. The molecule has 4 heterocycles. The molecule has 0 amide bonds. The maximum Gasteiger partial charge on any atom is 0.235 e. The summed E-state index contributed by atoms with van der Waals surface area (Å²) in [4.78, 5) is 23.5. The number of nitrogens with zero attached hydrogens (tertiary/aromatic N) is 7. The van der Waals surface area contributed by atoms with E-state index in [9.17, 15) is 4.39 Å². The molecule has 1 aliphatic rings. The van der Waals surface area contributed by atoms with Crippen LogP contribution in [0, 0.1) is 12.7 Å². The molecule has 11 nitrogen and oxygen atoms in total. The molecule has 3 aromatic heterocycles. The van der Waals surface area contributed by atoms with Gasteiger partial charge in [-0.15, -0.1) is 0 Å². The number of rotatable bonds is 7. The largest absolute Gasteiger partial charge is 0.344 e. The number of aromatic nitrogens is 7. The molecule has 0 unspecified atom stereocenters. The van der Waals surface area contributed by atoms with Crippen molar-refractivity contribution in [1.82, 2.24) is 40.4 Å². The fourth-order valence-corrected chi connectivity index (χ4v) is 2.85. The average molecular weight is 399 g/mol. The number of hydrogen-bond donors (Lipinski definition) is 4. The van der Waals surface area contributed by atoms with Gasteiger partial charge in [-0.25, -0.2) is 14.4 Å². The molecule has 1 fully saturated rings. The van der Waals surface area contributed by atoms with Gasteiger partial charge >= 0.3 is 0 Å². The van der Waals surface area contributed by atoms with Crippen molar-refractivity contribution in [1.29, 1.82) is 0 Å². The summed E-state index contributed by atoms with van der Waals surface area (Å²) in [5.74, 6) is 1.83. The van der Waals surface area contributed by atoms with Gasteiger partial charge < -0.3 is 20.9 Å². The third-order valence-corrected chi connectivity index (χ3v) is 4.52. The second kappa shape index (κ2) is 7.91. The van der Waals surface area contributed by atoms with Gasteiger partial charge in [0.25, 0.3) is 0 Å². The second-order valence-corrected chi connectivity index (χ2v) is 6.86. The van der Waals surface area contributed by atoms with Gasteiger partial charge in [-0.2, -0.15) is 20.1 Å². The Balaban J connectivity index is 1.57. The predicted molar refractivity (Wildman–Crippen MR) is 106 cm³/mol. The molecule has 0 bridgehead atoms. The lowest BCUT2D eigenvalue weighted by Crippen LogP contribution is -2.57. The van der Waals surface area contributed by atoms with Crippen molar-refractivity contribution in [2.45, 2.75) is 25.9 Å². The Bertz CT molecular complexity index is 968. The molecule has 0 spiro atoms. The van der Waals surface area contributed by atoms with Crippen molar-refractivity contribution in [2.75, 3.05) is 35.7 Å². The van der Waals surface area contributed by atoms with E-state index in [1.807, 2.05) is 31.9 Å². The minimum absolute atomic E-state index is 0.326. The van der Waals surface area contributed by atoms with Crippen molar-refractivity contribution in [3.8, 4) is 0 Å². The van der Waals surface area contributed by atoms with Gasteiger partial charge in [0, 0.05) is 30.9 Å². The summed E-state index contributed by atoms with van der Waals surface area (Å²) >= 11 is 0. The summed E-state index contributed by atoms with van der Waals surface area (Å²) in [6.07, 6.45) is 2.26. The standard InChI is InChI=1S/C17H22FN11/c1-9-4-13(28-27-9)23-16-24-15(22-10(2)14-20-5-11(18)6-21-14)25-17(26-16)29-7-12(8-29)19-3/h4-6,10,12,19H,7-8H2,1-3H3,(H3,22,23,24,25,26,27,28)/t10-/m0/s1. The first-order chi connectivity index (χ1) is 14.0. The summed E-state index contributed by atoms with van der Waals surface area (Å²) in [7, 11) is 1.93. The summed E-state index contributed by atoms with van der Waals surface area (Å²) < 4.78 is 13.1. The van der Waals surface area contributed by atoms with E-state index in [1.54, 1.807) is 0 Å². The molecule has 0 radical (unpaired) electrons. The summed E-state index contributed by atoms with van der Waals surface area (Å²) in [6, 6.07) is 1.93. The fourth-order valence-electron chi connectivity index (χ4n) is 2.85. The number of aromatic amines is 1. The average Bonchev–Trinajstić information content (AvgIpc) is 3.06. The lowest BCUT2D eigenvalue weighted by Gasteiger charge is -2.39. The van der Waals surface area contributed by atoms with E-state index >= 15 is 0 Å². The topological polar surface area (TPSA) is 132 Å². The number of hydrogen-bond acceptors (Lipinski definition) is 10. The van der Waals surface area contributed by atoms with E-state index in [-0.39, 0.29) is 6.04 Å². The van der Waals surface area contributed by atoms with Crippen LogP contribution in [0.25, 0.3) is 0 Å². The Morgan fingerprint density at radius 1 is 1.17 bits per heavy atom. The number of likely N-dealkylation sites (N-methyl/N-ethyl adjacent to an activating group) is 1. The minimum atomic E-state index is -0.485. The number of H-pyrrole nitrogens is 1. The van der Waals surface area contributed by atoms with Gasteiger partial charge in [0.15, 0.2) is 11.6 Å². The predicted octanol–water partition coefficient (Wildman–Crippen LogP) is 1.16. The fraction of sp³-hybridized carbons (Fsp3) is 0.412. The van der Waals surface area contributed by atoms with E-state index in [2.05, 4.69) is 51.1 Å². The van der Waals surface area contributed by atoms with Gasteiger partial charge in [0.05, 0.1) is 18.4 Å². The maximum atomic E-state index is 13.1. The number of aryl methyl sites for hydroxylation is 1. The molecular weight excluding hydrogens is 377 g/mol. The van der Waals surface area contributed by atoms with Gasteiger partial charge in [-0.1, -0.05) is 0 Å². The highest BCUT2D eigenvalue weighted by molar-refractivity contribution is 5.53. The Kier molecular flexibility index (Phi) is 5.16. The Morgan fingerprint density at radius 3 is 2.55 bits per heavy atom. The Labute approximate surface area is 166 Å². The molecule has 1 aliphatic heterocycles. The molecule has 1 saturated heterocycles. The van der Waals surface area contributed by atoms with Crippen LogP contribution in [0.4, 0.5) is 28.1 Å². The molecule has 0 aromatic carbocycles. The summed E-state index contributed by atoms with van der Waals surface area (Å²) in [6.45, 7) is 5.36. The monoisotopic (exact) mass is 399 g/mol. The Morgan fingerprint density at radius 2 is 1.90 bits per heavy atom. The molecule has 1 atom stereocenters. The van der Waals surface area contributed by atoms with Gasteiger partial charge in [-0.05, 0) is 20.9 Å². The first-order valence-corrected chi connectivity index (χ1v) is 9.21. The van der Waals surface area contributed by atoms with Gasteiger partial charge in [0.1, 0.15) is 5.82 Å².